The molecule has 9 nitrogen and oxygen atoms in total. The quantitative estimate of drug-likeness (QED) is 0.420. The predicted octanol–water partition coefficient (Wildman–Crippen LogP) is 4.52. The van der Waals surface area contributed by atoms with Crippen LogP contribution in [0.2, 0.25) is 0 Å². The molecule has 0 radical (unpaired) electrons. The Labute approximate surface area is 247 Å². The second-order valence-corrected chi connectivity index (χ2v) is 13.4. The average molecular weight is 585 g/mol. The van der Waals surface area contributed by atoms with Gasteiger partial charge >= 0.3 is 0 Å². The number of aliphatic hydroxyl groups is 1. The highest BCUT2D eigenvalue weighted by Crippen LogP contribution is 2.36. The van der Waals surface area contributed by atoms with E-state index in [-0.39, 0.29) is 36.8 Å². The molecule has 4 rings (SSSR count). The minimum atomic E-state index is -0.847. The Bertz CT molecular complexity index is 1250. The minimum absolute atomic E-state index is 0.0381. The Hall–Kier alpha value is -2.98. The highest BCUT2D eigenvalue weighted by molar-refractivity contribution is 7.13. The van der Waals surface area contributed by atoms with E-state index in [2.05, 4.69) is 15.6 Å². The molecule has 3 amide bonds. The molecule has 41 heavy (non-hydrogen) atoms. The molecule has 1 saturated carbocycles. The first-order valence-corrected chi connectivity index (χ1v) is 15.5. The number of hydrogen-bond donors (Lipinski definition) is 3. The number of thiazole rings is 1. The van der Waals surface area contributed by atoms with Crippen molar-refractivity contribution in [1.29, 1.82) is 0 Å². The first-order valence-electron chi connectivity index (χ1n) is 14.6. The number of carbonyl (C=O) groups is 3. The van der Waals surface area contributed by atoms with Crippen molar-refractivity contribution in [1.82, 2.24) is 20.5 Å². The van der Waals surface area contributed by atoms with Gasteiger partial charge in [0.1, 0.15) is 17.8 Å². The molecule has 0 unspecified atom stereocenters. The van der Waals surface area contributed by atoms with Gasteiger partial charge in [0.15, 0.2) is 0 Å². The molecule has 1 aromatic carbocycles. The van der Waals surface area contributed by atoms with Crippen LogP contribution < -0.4 is 15.4 Å². The number of carbonyl (C=O) groups excluding carboxylic acids is 3. The summed E-state index contributed by atoms with van der Waals surface area (Å²) in [5, 5.41) is 16.3. The summed E-state index contributed by atoms with van der Waals surface area (Å²) in [5.74, 6) is -0.297. The van der Waals surface area contributed by atoms with Gasteiger partial charge in [0.25, 0.3) is 0 Å². The first-order chi connectivity index (χ1) is 19.3. The van der Waals surface area contributed by atoms with Crippen molar-refractivity contribution in [2.24, 2.45) is 5.41 Å². The third-order valence-electron chi connectivity index (χ3n) is 8.02. The Morgan fingerprint density at radius 3 is 2.46 bits per heavy atom. The molecule has 2 fully saturated rings. The molecular formula is C31H44N4O5S. The Morgan fingerprint density at radius 2 is 1.85 bits per heavy atom. The van der Waals surface area contributed by atoms with Crippen molar-refractivity contribution >= 4 is 29.1 Å². The summed E-state index contributed by atoms with van der Waals surface area (Å²) < 4.78 is 6.56. The summed E-state index contributed by atoms with van der Waals surface area (Å²) in [6.45, 7) is 10.9. The Kier molecular flexibility index (Phi) is 9.74. The monoisotopic (exact) mass is 584 g/mol. The maximum atomic E-state index is 13.6. The number of hydrogen-bond acceptors (Lipinski definition) is 7. The molecule has 2 heterocycles. The third-order valence-corrected chi connectivity index (χ3v) is 9.00. The van der Waals surface area contributed by atoms with E-state index in [1.54, 1.807) is 11.3 Å². The molecule has 1 aliphatic heterocycles. The number of β-amino-alcohol motifs (C(OH)–C–C–N with tert-alkyl or cyclic N) is 1. The zero-order valence-electron chi connectivity index (χ0n) is 25.0. The van der Waals surface area contributed by atoms with Gasteiger partial charge in [-0.25, -0.2) is 4.98 Å². The smallest absolute Gasteiger partial charge is 0.246 e. The molecule has 2 aliphatic rings. The third kappa shape index (κ3) is 7.46. The first kappa shape index (κ1) is 31.0. The molecule has 1 saturated heterocycles. The molecule has 2 aromatic rings. The second kappa shape index (κ2) is 12.9. The van der Waals surface area contributed by atoms with Gasteiger partial charge in [0.2, 0.25) is 17.7 Å². The maximum Gasteiger partial charge on any atom is 0.246 e. The summed E-state index contributed by atoms with van der Waals surface area (Å²) >= 11 is 1.59. The summed E-state index contributed by atoms with van der Waals surface area (Å²) in [4.78, 5) is 46.0. The van der Waals surface area contributed by atoms with Gasteiger partial charge in [-0.2, -0.15) is 0 Å². The zero-order chi connectivity index (χ0) is 29.9. The van der Waals surface area contributed by atoms with Crippen LogP contribution in [0.1, 0.15) is 90.4 Å². The molecule has 1 aromatic heterocycles. The van der Waals surface area contributed by atoms with E-state index in [4.69, 9.17) is 4.74 Å². The molecule has 3 N–H and O–H groups in total. The number of nitrogens with one attached hydrogen (secondary N) is 2. The predicted molar refractivity (Wildman–Crippen MR) is 160 cm³/mol. The van der Waals surface area contributed by atoms with Crippen molar-refractivity contribution in [2.75, 3.05) is 6.54 Å². The number of amides is 3. The van der Waals surface area contributed by atoms with E-state index in [1.165, 1.54) is 18.2 Å². The van der Waals surface area contributed by atoms with Crippen LogP contribution in [0.25, 0.3) is 10.4 Å². The number of aryl methyl sites for hydroxylation is 1. The number of aromatic nitrogens is 1. The lowest BCUT2D eigenvalue weighted by molar-refractivity contribution is -0.144. The van der Waals surface area contributed by atoms with Crippen LogP contribution in [-0.2, 0) is 14.4 Å². The standard InChI is InChI=1S/C31H44N4O5S/c1-18(33-29(38)25-15-22(37)16-35(25)30(39)28(31(4,5)6)34-20(3)36)24-13-12-21(27-19(2)32-17-41-27)14-26(24)40-23-10-8-7-9-11-23/h12-14,17-18,22-23,25,28,37H,7-11,15-16H2,1-6H3,(H,33,38)(H,34,36)/t18-,22+,25-,28+/m0/s1. The fraction of sp³-hybridized carbons (Fsp3) is 0.613. The van der Waals surface area contributed by atoms with E-state index in [0.717, 1.165) is 53.1 Å². The van der Waals surface area contributed by atoms with Crippen LogP contribution in [-0.4, -0.2) is 63.5 Å². The summed E-state index contributed by atoms with van der Waals surface area (Å²) in [7, 11) is 0. The number of rotatable bonds is 8. The van der Waals surface area contributed by atoms with Crippen molar-refractivity contribution in [3.05, 3.63) is 35.0 Å². The maximum absolute atomic E-state index is 13.6. The van der Waals surface area contributed by atoms with Gasteiger partial charge in [0.05, 0.1) is 34.3 Å². The van der Waals surface area contributed by atoms with Gasteiger partial charge in [-0.05, 0) is 56.6 Å². The van der Waals surface area contributed by atoms with Gasteiger partial charge < -0.3 is 25.4 Å². The van der Waals surface area contributed by atoms with Crippen LogP contribution in [0.15, 0.2) is 23.7 Å². The molecule has 4 atom stereocenters. The Morgan fingerprint density at radius 1 is 1.15 bits per heavy atom. The van der Waals surface area contributed by atoms with E-state index in [0.29, 0.717) is 0 Å². The average Bonchev–Trinajstić information content (AvgIpc) is 3.52. The van der Waals surface area contributed by atoms with E-state index >= 15 is 0 Å². The van der Waals surface area contributed by atoms with E-state index < -0.39 is 29.6 Å². The van der Waals surface area contributed by atoms with Crippen molar-refractivity contribution in [3.8, 4) is 16.2 Å². The Balaban J connectivity index is 1.56. The van der Waals surface area contributed by atoms with Crippen LogP contribution in [0, 0.1) is 12.3 Å². The number of likely N-dealkylation sites (tertiary alicyclic amines) is 1. The van der Waals surface area contributed by atoms with Crippen LogP contribution in [0.4, 0.5) is 0 Å². The van der Waals surface area contributed by atoms with Gasteiger partial charge in [0, 0.05) is 25.5 Å². The van der Waals surface area contributed by atoms with Crippen LogP contribution in [0.3, 0.4) is 0 Å². The molecule has 0 spiro atoms. The second-order valence-electron chi connectivity index (χ2n) is 12.5. The van der Waals surface area contributed by atoms with E-state index in [9.17, 15) is 19.5 Å². The topological polar surface area (TPSA) is 121 Å². The summed E-state index contributed by atoms with van der Waals surface area (Å²) in [5.41, 5.74) is 4.11. The van der Waals surface area contributed by atoms with Gasteiger partial charge in [-0.15, -0.1) is 11.3 Å². The lowest BCUT2D eigenvalue weighted by Gasteiger charge is -2.35. The molecule has 0 bridgehead atoms. The molecule has 1 aliphatic carbocycles. The lowest BCUT2D eigenvalue weighted by atomic mass is 9.85. The van der Waals surface area contributed by atoms with Crippen molar-refractivity contribution in [3.63, 3.8) is 0 Å². The van der Waals surface area contributed by atoms with Crippen molar-refractivity contribution in [2.45, 2.75) is 110 Å². The van der Waals surface area contributed by atoms with E-state index in [1.807, 2.05) is 58.3 Å². The number of nitrogens with zero attached hydrogens (tertiary/aromatic N) is 2. The minimum Gasteiger partial charge on any atom is -0.490 e. The normalized spacial score (nSPS) is 21.3. The molecule has 10 heteroatoms. The van der Waals surface area contributed by atoms with Crippen LogP contribution >= 0.6 is 11.3 Å². The lowest BCUT2D eigenvalue weighted by Crippen LogP contribution is -2.57. The largest absolute Gasteiger partial charge is 0.490 e. The van der Waals surface area contributed by atoms with Gasteiger partial charge in [-0.3, -0.25) is 14.4 Å². The fourth-order valence-electron chi connectivity index (χ4n) is 5.79. The number of benzene rings is 1. The summed E-state index contributed by atoms with van der Waals surface area (Å²) in [6, 6.07) is 4.00. The fourth-order valence-corrected chi connectivity index (χ4v) is 6.59. The molecular weight excluding hydrogens is 540 g/mol. The molecule has 224 valence electrons. The zero-order valence-corrected chi connectivity index (χ0v) is 25.8. The number of ether oxygens (including phenoxy) is 1. The SMILES string of the molecule is CC(=O)N[C@H](C(=O)N1C[C@H](O)C[C@H]1C(=O)N[C@@H](C)c1ccc(-c2scnc2C)cc1OC1CCCCC1)C(C)(C)C. The van der Waals surface area contributed by atoms with Crippen molar-refractivity contribution < 1.29 is 24.2 Å². The highest BCUT2D eigenvalue weighted by atomic mass is 32.1. The number of aliphatic hydroxyl groups excluding tert-OH is 1. The van der Waals surface area contributed by atoms with Gasteiger partial charge in [-0.1, -0.05) is 39.3 Å². The highest BCUT2D eigenvalue weighted by Gasteiger charge is 2.44. The van der Waals surface area contributed by atoms with Crippen LogP contribution in [0.5, 0.6) is 5.75 Å². The summed E-state index contributed by atoms with van der Waals surface area (Å²) in [6.07, 6.45) is 4.95.